The third kappa shape index (κ3) is 4.74. The summed E-state index contributed by atoms with van der Waals surface area (Å²) in [6.45, 7) is 4.54. The molecule has 0 saturated heterocycles. The summed E-state index contributed by atoms with van der Waals surface area (Å²) >= 11 is 0. The number of hydrogen-bond donors (Lipinski definition) is 3. The van der Waals surface area contributed by atoms with Crippen molar-refractivity contribution < 1.29 is 17.6 Å². The first-order valence-corrected chi connectivity index (χ1v) is 12.4. The first-order valence-electron chi connectivity index (χ1n) is 12.4. The second kappa shape index (κ2) is 8.74. The Kier molecular flexibility index (Phi) is 5.61. The molecule has 2 saturated carbocycles. The number of hydrogen-bond acceptors (Lipinski definition) is 5. The van der Waals surface area contributed by atoms with Crippen LogP contribution in [0.15, 0.2) is 43.5 Å². The van der Waals surface area contributed by atoms with Crippen LogP contribution in [0.5, 0.6) is 0 Å². The average Bonchev–Trinajstić information content (AvgIpc) is 3.46. The summed E-state index contributed by atoms with van der Waals surface area (Å²) in [5.74, 6) is -4.77. The van der Waals surface area contributed by atoms with Crippen molar-refractivity contribution in [2.45, 2.75) is 56.4 Å². The molecule has 4 aromatic rings. The van der Waals surface area contributed by atoms with Gasteiger partial charge >= 0.3 is 0 Å². The SMILES string of the molecule is C=C(NCC1CC(F)(F)C1)c1cnn2ccc(-c3c[nH]c4nc(NC5CCC(F)(F)CC5)ncc34)cc12. The molecule has 2 fully saturated rings. The Morgan fingerprint density at radius 2 is 1.92 bits per heavy atom. The third-order valence-corrected chi connectivity index (χ3v) is 7.42. The van der Waals surface area contributed by atoms with Crippen molar-refractivity contribution in [3.63, 3.8) is 0 Å². The van der Waals surface area contributed by atoms with Crippen LogP contribution in [-0.4, -0.2) is 49.0 Å². The number of aromatic amines is 1. The van der Waals surface area contributed by atoms with Crippen molar-refractivity contribution >= 4 is 28.2 Å². The van der Waals surface area contributed by atoms with Gasteiger partial charge in [0.15, 0.2) is 0 Å². The van der Waals surface area contributed by atoms with Gasteiger partial charge in [-0.05, 0) is 36.5 Å². The molecule has 0 radical (unpaired) electrons. The molecule has 7 nitrogen and oxygen atoms in total. The number of rotatable bonds is 7. The molecule has 2 aliphatic carbocycles. The standard InChI is InChI=1S/C26H27F4N7/c1-15(31-11-16-9-26(29,30)10-16)19-14-34-37-7-4-17(8-22(19)37)20-12-32-23-21(20)13-33-24(36-23)35-18-2-5-25(27,28)6-3-18/h4,7-8,12-14,16,18,31H,1-3,5-6,9-11H2,(H2,32,33,35,36). The minimum atomic E-state index is -2.58. The first kappa shape index (κ1) is 23.7. The van der Waals surface area contributed by atoms with Crippen LogP contribution in [0, 0.1) is 5.92 Å². The Morgan fingerprint density at radius 3 is 2.68 bits per heavy atom. The predicted molar refractivity (Wildman–Crippen MR) is 134 cm³/mol. The Labute approximate surface area is 210 Å². The second-order valence-electron chi connectivity index (χ2n) is 10.2. The van der Waals surface area contributed by atoms with E-state index in [2.05, 4.69) is 37.3 Å². The zero-order chi connectivity index (χ0) is 25.8. The number of nitrogens with one attached hydrogen (secondary N) is 3. The molecule has 0 aliphatic heterocycles. The number of aromatic nitrogens is 5. The maximum absolute atomic E-state index is 13.4. The number of pyridine rings is 1. The van der Waals surface area contributed by atoms with Crippen LogP contribution in [0.4, 0.5) is 23.5 Å². The summed E-state index contributed by atoms with van der Waals surface area (Å²) in [5, 5.41) is 11.6. The van der Waals surface area contributed by atoms with Crippen molar-refractivity contribution in [2.75, 3.05) is 11.9 Å². The van der Waals surface area contributed by atoms with Gasteiger partial charge < -0.3 is 15.6 Å². The maximum atomic E-state index is 13.4. The summed E-state index contributed by atoms with van der Waals surface area (Å²) in [6, 6.07) is 3.86. The molecule has 194 valence electrons. The molecule has 0 aromatic carbocycles. The highest BCUT2D eigenvalue weighted by Gasteiger charge is 2.44. The molecule has 4 heterocycles. The number of anilines is 1. The molecule has 6 rings (SSSR count). The van der Waals surface area contributed by atoms with Crippen LogP contribution < -0.4 is 10.6 Å². The number of alkyl halides is 4. The number of H-pyrrole nitrogens is 1. The van der Waals surface area contributed by atoms with Crippen molar-refractivity contribution in [2.24, 2.45) is 5.92 Å². The number of fused-ring (bicyclic) bond motifs is 2. The van der Waals surface area contributed by atoms with Crippen LogP contribution in [-0.2, 0) is 0 Å². The van der Waals surface area contributed by atoms with Crippen LogP contribution >= 0.6 is 0 Å². The summed E-state index contributed by atoms with van der Waals surface area (Å²) < 4.78 is 54.9. The third-order valence-electron chi connectivity index (χ3n) is 7.42. The van der Waals surface area contributed by atoms with Gasteiger partial charge in [-0.2, -0.15) is 10.1 Å². The van der Waals surface area contributed by atoms with E-state index >= 15 is 0 Å². The summed E-state index contributed by atoms with van der Waals surface area (Å²) in [6.07, 6.45) is 7.46. The van der Waals surface area contributed by atoms with E-state index in [9.17, 15) is 17.6 Å². The Bertz CT molecular complexity index is 1460. The van der Waals surface area contributed by atoms with E-state index in [4.69, 9.17) is 0 Å². The molecular weight excluding hydrogens is 486 g/mol. The monoisotopic (exact) mass is 513 g/mol. The second-order valence-corrected chi connectivity index (χ2v) is 10.2. The fourth-order valence-electron chi connectivity index (χ4n) is 5.26. The highest BCUT2D eigenvalue weighted by atomic mass is 19.3. The lowest BCUT2D eigenvalue weighted by Gasteiger charge is -2.35. The van der Waals surface area contributed by atoms with Gasteiger partial charge in [0.1, 0.15) is 5.65 Å². The molecule has 0 amide bonds. The van der Waals surface area contributed by atoms with Gasteiger partial charge in [0.05, 0.1) is 11.7 Å². The summed E-state index contributed by atoms with van der Waals surface area (Å²) in [7, 11) is 0. The molecule has 2 aliphatic rings. The fourth-order valence-corrected chi connectivity index (χ4v) is 5.26. The topological polar surface area (TPSA) is 82.9 Å². The van der Waals surface area contributed by atoms with E-state index in [0.29, 0.717) is 36.7 Å². The summed E-state index contributed by atoms with van der Waals surface area (Å²) in [5.41, 5.74) is 4.74. The van der Waals surface area contributed by atoms with Crippen molar-refractivity contribution in [1.29, 1.82) is 0 Å². The molecule has 11 heteroatoms. The Balaban J connectivity index is 1.19. The predicted octanol–water partition coefficient (Wildman–Crippen LogP) is 5.87. The smallest absolute Gasteiger partial charge is 0.248 e. The molecule has 0 spiro atoms. The Hall–Kier alpha value is -3.63. The number of halogens is 4. The van der Waals surface area contributed by atoms with Crippen molar-refractivity contribution in [1.82, 2.24) is 29.9 Å². The van der Waals surface area contributed by atoms with E-state index in [-0.39, 0.29) is 37.6 Å². The van der Waals surface area contributed by atoms with E-state index in [1.165, 1.54) is 0 Å². The lowest BCUT2D eigenvalue weighted by molar-refractivity contribution is -0.108. The van der Waals surface area contributed by atoms with Crippen LogP contribution in [0.3, 0.4) is 0 Å². The molecular formula is C26H27F4N7. The zero-order valence-corrected chi connectivity index (χ0v) is 20.1. The van der Waals surface area contributed by atoms with Gasteiger partial charge in [-0.3, -0.25) is 0 Å². The van der Waals surface area contributed by atoms with Crippen molar-refractivity contribution in [3.05, 3.63) is 49.1 Å². The van der Waals surface area contributed by atoms with E-state index in [1.54, 1.807) is 16.9 Å². The first-order chi connectivity index (χ1) is 17.7. The van der Waals surface area contributed by atoms with Gasteiger partial charge in [0.2, 0.25) is 17.8 Å². The summed E-state index contributed by atoms with van der Waals surface area (Å²) in [4.78, 5) is 12.2. The van der Waals surface area contributed by atoms with Gasteiger partial charge in [0.25, 0.3) is 0 Å². The highest BCUT2D eigenvalue weighted by molar-refractivity contribution is 5.94. The van der Waals surface area contributed by atoms with Crippen LogP contribution in [0.1, 0.15) is 44.1 Å². The minimum Gasteiger partial charge on any atom is -0.385 e. The van der Waals surface area contributed by atoms with Gasteiger partial charge in [-0.25, -0.2) is 27.1 Å². The number of nitrogens with zero attached hydrogens (tertiary/aromatic N) is 4. The minimum absolute atomic E-state index is 0.0613. The van der Waals surface area contributed by atoms with Gasteiger partial charge in [-0.1, -0.05) is 6.58 Å². The molecule has 0 atom stereocenters. The van der Waals surface area contributed by atoms with Crippen LogP contribution in [0.2, 0.25) is 0 Å². The quantitative estimate of drug-likeness (QED) is 0.269. The van der Waals surface area contributed by atoms with Gasteiger partial charge in [0, 0.05) is 79.1 Å². The average molecular weight is 514 g/mol. The molecule has 0 bridgehead atoms. The Morgan fingerprint density at radius 1 is 1.14 bits per heavy atom. The molecule has 3 N–H and O–H groups in total. The van der Waals surface area contributed by atoms with E-state index in [1.807, 2.05) is 24.5 Å². The lowest BCUT2D eigenvalue weighted by Crippen LogP contribution is -2.40. The molecule has 4 aromatic heterocycles. The van der Waals surface area contributed by atoms with Crippen molar-refractivity contribution in [3.8, 4) is 11.1 Å². The van der Waals surface area contributed by atoms with E-state index in [0.717, 1.165) is 27.6 Å². The fraction of sp³-hybridized carbons (Fsp3) is 0.423. The van der Waals surface area contributed by atoms with Gasteiger partial charge in [-0.15, -0.1) is 0 Å². The molecule has 37 heavy (non-hydrogen) atoms. The zero-order valence-electron chi connectivity index (χ0n) is 20.1. The largest absolute Gasteiger partial charge is 0.385 e. The van der Waals surface area contributed by atoms with E-state index < -0.39 is 11.8 Å². The molecule has 0 unspecified atom stereocenters. The lowest BCUT2D eigenvalue weighted by atomic mass is 9.81. The maximum Gasteiger partial charge on any atom is 0.248 e. The van der Waals surface area contributed by atoms with Crippen LogP contribution in [0.25, 0.3) is 33.4 Å². The highest BCUT2D eigenvalue weighted by Crippen LogP contribution is 2.42. The normalized spacial score (nSPS) is 19.7.